The number of benzene rings is 1. The van der Waals surface area contributed by atoms with Gasteiger partial charge in [0.2, 0.25) is 5.91 Å². The van der Waals surface area contributed by atoms with Crippen molar-refractivity contribution in [3.8, 4) is 0 Å². The zero-order valence-corrected chi connectivity index (χ0v) is 16.6. The molecule has 0 N–H and O–H groups in total. The fraction of sp³-hybridized carbons (Fsp3) is 0.500. The molecule has 2 aliphatic rings. The van der Waals surface area contributed by atoms with Gasteiger partial charge in [-0.05, 0) is 25.0 Å². The summed E-state index contributed by atoms with van der Waals surface area (Å²) in [5.74, 6) is -1.06. The van der Waals surface area contributed by atoms with E-state index in [9.17, 15) is 19.2 Å². The molecule has 30 heavy (non-hydrogen) atoms. The molecule has 1 aromatic carbocycles. The Morgan fingerprint density at radius 3 is 2.63 bits per heavy atom. The maximum Gasteiger partial charge on any atom is 0.419 e. The van der Waals surface area contributed by atoms with E-state index >= 15 is 0 Å². The van der Waals surface area contributed by atoms with Crippen molar-refractivity contribution in [3.05, 3.63) is 34.8 Å². The standard InChI is InChI=1S/C20H23N3O7/c1-28-18(25)15-12-29-20(27)23(15)13-6-9-21(10-7-13)17(24)8-11-22-14-4-2-3-5-16(14)30-19(22)26/h2-5,13,15H,6-12H2,1H3/t15-/m0/s1. The first-order chi connectivity index (χ1) is 14.5. The van der Waals surface area contributed by atoms with E-state index in [1.165, 1.54) is 16.6 Å². The van der Waals surface area contributed by atoms with Gasteiger partial charge in [-0.2, -0.15) is 0 Å². The molecule has 1 aromatic heterocycles. The second kappa shape index (κ2) is 8.21. The lowest BCUT2D eigenvalue weighted by Gasteiger charge is -2.37. The van der Waals surface area contributed by atoms with Crippen LogP contribution in [-0.4, -0.2) is 71.2 Å². The third-order valence-corrected chi connectivity index (χ3v) is 5.72. The van der Waals surface area contributed by atoms with Gasteiger partial charge in [-0.25, -0.2) is 14.4 Å². The van der Waals surface area contributed by atoms with Crippen molar-refractivity contribution in [1.29, 1.82) is 0 Å². The molecule has 2 amide bonds. The van der Waals surface area contributed by atoms with Crippen LogP contribution in [0.3, 0.4) is 0 Å². The van der Waals surface area contributed by atoms with E-state index in [4.69, 9.17) is 13.9 Å². The van der Waals surface area contributed by atoms with Crippen molar-refractivity contribution in [3.63, 3.8) is 0 Å². The summed E-state index contributed by atoms with van der Waals surface area (Å²) in [6.07, 6.45) is 0.734. The summed E-state index contributed by atoms with van der Waals surface area (Å²) in [4.78, 5) is 51.8. The van der Waals surface area contributed by atoms with Crippen LogP contribution in [0.25, 0.3) is 11.1 Å². The second-order valence-corrected chi connectivity index (χ2v) is 7.37. The molecule has 10 nitrogen and oxygen atoms in total. The van der Waals surface area contributed by atoms with E-state index in [1.54, 1.807) is 23.1 Å². The molecular weight excluding hydrogens is 394 g/mol. The number of esters is 1. The van der Waals surface area contributed by atoms with Gasteiger partial charge in [-0.1, -0.05) is 12.1 Å². The van der Waals surface area contributed by atoms with E-state index in [0.29, 0.717) is 37.0 Å². The van der Waals surface area contributed by atoms with Crippen LogP contribution in [0.15, 0.2) is 33.5 Å². The molecule has 4 rings (SSSR count). The number of likely N-dealkylation sites (tertiary alicyclic amines) is 1. The molecule has 2 aromatic rings. The Hall–Kier alpha value is -3.30. The van der Waals surface area contributed by atoms with E-state index in [0.717, 1.165) is 0 Å². The second-order valence-electron chi connectivity index (χ2n) is 7.37. The average molecular weight is 417 g/mol. The van der Waals surface area contributed by atoms with Crippen LogP contribution >= 0.6 is 0 Å². The minimum absolute atomic E-state index is 0.0158. The summed E-state index contributed by atoms with van der Waals surface area (Å²) in [6, 6.07) is 6.16. The number of ether oxygens (including phenoxy) is 2. The van der Waals surface area contributed by atoms with Crippen LogP contribution < -0.4 is 5.76 Å². The minimum Gasteiger partial charge on any atom is -0.467 e. The molecule has 0 aliphatic carbocycles. The van der Waals surface area contributed by atoms with E-state index in [2.05, 4.69) is 0 Å². The van der Waals surface area contributed by atoms with Gasteiger partial charge in [0.25, 0.3) is 0 Å². The molecule has 160 valence electrons. The first-order valence-electron chi connectivity index (χ1n) is 9.88. The fourth-order valence-corrected chi connectivity index (χ4v) is 4.14. The van der Waals surface area contributed by atoms with Gasteiger partial charge in [0.15, 0.2) is 11.6 Å². The van der Waals surface area contributed by atoms with Crippen LogP contribution in [0.2, 0.25) is 0 Å². The number of aryl methyl sites for hydroxylation is 1. The number of aromatic nitrogens is 1. The molecular formula is C20H23N3O7. The molecule has 0 saturated carbocycles. The SMILES string of the molecule is COC(=O)[C@@H]1COC(=O)N1C1CCN(C(=O)CCn2c(=O)oc3ccccc32)CC1. The molecule has 0 bridgehead atoms. The van der Waals surface area contributed by atoms with Crippen molar-refractivity contribution >= 4 is 29.1 Å². The molecule has 2 aliphatic heterocycles. The largest absolute Gasteiger partial charge is 0.467 e. The molecule has 2 fully saturated rings. The summed E-state index contributed by atoms with van der Waals surface area (Å²) in [7, 11) is 1.28. The Bertz CT molecular complexity index is 1020. The van der Waals surface area contributed by atoms with Gasteiger partial charge in [-0.3, -0.25) is 14.3 Å². The Kier molecular flexibility index (Phi) is 5.47. The van der Waals surface area contributed by atoms with Crippen molar-refractivity contribution in [2.24, 2.45) is 0 Å². The number of nitrogens with zero attached hydrogens (tertiary/aromatic N) is 3. The normalized spacial score (nSPS) is 19.9. The summed E-state index contributed by atoms with van der Waals surface area (Å²) < 4.78 is 16.4. The van der Waals surface area contributed by atoms with Crippen molar-refractivity contribution in [2.75, 3.05) is 26.8 Å². The fourth-order valence-electron chi connectivity index (χ4n) is 4.14. The lowest BCUT2D eigenvalue weighted by Crippen LogP contribution is -2.52. The van der Waals surface area contributed by atoms with Gasteiger partial charge in [0.05, 0.1) is 12.6 Å². The summed E-state index contributed by atoms with van der Waals surface area (Å²) in [5.41, 5.74) is 1.16. The van der Waals surface area contributed by atoms with Crippen molar-refractivity contribution in [2.45, 2.75) is 37.9 Å². The lowest BCUT2D eigenvalue weighted by atomic mass is 10.0. The molecule has 3 heterocycles. The first kappa shape index (κ1) is 20.0. The monoisotopic (exact) mass is 417 g/mol. The van der Waals surface area contributed by atoms with Crippen LogP contribution in [0.5, 0.6) is 0 Å². The van der Waals surface area contributed by atoms with Crippen LogP contribution in [0.4, 0.5) is 4.79 Å². The summed E-state index contributed by atoms with van der Waals surface area (Å²) in [6.45, 7) is 1.14. The average Bonchev–Trinajstić information content (AvgIpc) is 3.30. The van der Waals surface area contributed by atoms with E-state index < -0.39 is 23.9 Å². The number of amides is 2. The van der Waals surface area contributed by atoms with Gasteiger partial charge in [0.1, 0.15) is 6.61 Å². The predicted molar refractivity (Wildman–Crippen MR) is 104 cm³/mol. The number of carbonyl (C=O) groups excluding carboxylic acids is 3. The lowest BCUT2D eigenvalue weighted by molar-refractivity contribution is -0.146. The number of cyclic esters (lactones) is 1. The molecule has 0 radical (unpaired) electrons. The molecule has 0 unspecified atom stereocenters. The number of hydrogen-bond donors (Lipinski definition) is 0. The van der Waals surface area contributed by atoms with Gasteiger partial charge in [0, 0.05) is 32.1 Å². The topological polar surface area (TPSA) is 111 Å². The zero-order valence-electron chi connectivity index (χ0n) is 16.6. The van der Waals surface area contributed by atoms with Gasteiger partial charge >= 0.3 is 17.8 Å². The summed E-state index contributed by atoms with van der Waals surface area (Å²) >= 11 is 0. The molecule has 0 spiro atoms. The highest BCUT2D eigenvalue weighted by atomic mass is 16.6. The third-order valence-electron chi connectivity index (χ3n) is 5.72. The highest BCUT2D eigenvalue weighted by molar-refractivity contribution is 5.84. The number of methoxy groups -OCH3 is 1. The number of para-hydroxylation sites is 2. The van der Waals surface area contributed by atoms with Crippen LogP contribution in [0.1, 0.15) is 19.3 Å². The van der Waals surface area contributed by atoms with Gasteiger partial charge in [-0.15, -0.1) is 0 Å². The maximum atomic E-state index is 12.7. The Balaban J connectivity index is 1.34. The van der Waals surface area contributed by atoms with Crippen molar-refractivity contribution < 1.29 is 28.3 Å². The highest BCUT2D eigenvalue weighted by Gasteiger charge is 2.44. The van der Waals surface area contributed by atoms with Gasteiger partial charge < -0.3 is 18.8 Å². The Morgan fingerprint density at radius 1 is 1.17 bits per heavy atom. The van der Waals surface area contributed by atoms with E-state index in [1.807, 2.05) is 6.07 Å². The van der Waals surface area contributed by atoms with Crippen LogP contribution in [-0.2, 0) is 25.6 Å². The number of oxazole rings is 1. The predicted octanol–water partition coefficient (Wildman–Crippen LogP) is 0.969. The minimum atomic E-state index is -0.740. The Labute approximate surface area is 171 Å². The number of rotatable bonds is 5. The zero-order chi connectivity index (χ0) is 21.3. The highest BCUT2D eigenvalue weighted by Crippen LogP contribution is 2.25. The smallest absolute Gasteiger partial charge is 0.419 e. The van der Waals surface area contributed by atoms with Crippen molar-refractivity contribution in [1.82, 2.24) is 14.4 Å². The summed E-state index contributed by atoms with van der Waals surface area (Å²) in [5, 5.41) is 0. The number of carbonyl (C=O) groups is 3. The quantitative estimate of drug-likeness (QED) is 0.667. The first-order valence-corrected chi connectivity index (χ1v) is 9.88. The maximum absolute atomic E-state index is 12.7. The molecule has 1 atom stereocenters. The number of hydrogen-bond acceptors (Lipinski definition) is 7. The number of fused-ring (bicyclic) bond motifs is 1. The molecule has 2 saturated heterocycles. The van der Waals surface area contributed by atoms with Crippen LogP contribution in [0, 0.1) is 0 Å². The van der Waals surface area contributed by atoms with E-state index in [-0.39, 0.29) is 31.5 Å². The third kappa shape index (κ3) is 3.64. The molecule has 10 heteroatoms. The number of piperidine rings is 1. The Morgan fingerprint density at radius 2 is 1.90 bits per heavy atom.